The zero-order valence-corrected chi connectivity index (χ0v) is 10.8. The van der Waals surface area contributed by atoms with Crippen LogP contribution in [0.2, 0.25) is 0 Å². The van der Waals surface area contributed by atoms with Gasteiger partial charge in [0.2, 0.25) is 0 Å². The van der Waals surface area contributed by atoms with E-state index in [-0.39, 0.29) is 11.5 Å². The molecule has 0 saturated heterocycles. The van der Waals surface area contributed by atoms with Gasteiger partial charge >= 0.3 is 0 Å². The second kappa shape index (κ2) is 5.69. The van der Waals surface area contributed by atoms with E-state index in [1.807, 2.05) is 19.1 Å². The van der Waals surface area contributed by atoms with Crippen LogP contribution in [0, 0.1) is 18.3 Å². The van der Waals surface area contributed by atoms with E-state index in [2.05, 4.69) is 11.4 Å². The fourth-order valence-corrected chi connectivity index (χ4v) is 2.09. The van der Waals surface area contributed by atoms with Crippen molar-refractivity contribution in [2.24, 2.45) is 0 Å². The summed E-state index contributed by atoms with van der Waals surface area (Å²) in [7, 11) is -2.96. The Balaban J connectivity index is 2.70. The summed E-state index contributed by atoms with van der Waals surface area (Å²) in [6.07, 6.45) is 0. The molecule has 92 valence electrons. The standard InChI is InChI=1S/C12H16N2O2S/c1-3-17(15,16)7-6-14-12-8-10(2)4-5-11(12)9-13/h4-5,8,14H,3,6-7H2,1-2H3. The molecule has 1 aromatic rings. The van der Waals surface area contributed by atoms with Gasteiger partial charge in [-0.25, -0.2) is 8.42 Å². The van der Waals surface area contributed by atoms with Crippen molar-refractivity contribution >= 4 is 15.5 Å². The summed E-state index contributed by atoms with van der Waals surface area (Å²) in [5.41, 5.74) is 2.26. The Labute approximate surface area is 102 Å². The number of rotatable bonds is 5. The number of anilines is 1. The van der Waals surface area contributed by atoms with Gasteiger partial charge < -0.3 is 5.32 Å². The van der Waals surface area contributed by atoms with Crippen molar-refractivity contribution in [3.8, 4) is 6.07 Å². The van der Waals surface area contributed by atoms with Crippen LogP contribution in [-0.4, -0.2) is 26.5 Å². The highest BCUT2D eigenvalue weighted by molar-refractivity contribution is 7.91. The minimum absolute atomic E-state index is 0.0856. The van der Waals surface area contributed by atoms with Crippen LogP contribution in [0.3, 0.4) is 0 Å². The second-order valence-corrected chi connectivity index (χ2v) is 6.30. The van der Waals surface area contributed by atoms with E-state index in [4.69, 9.17) is 5.26 Å². The van der Waals surface area contributed by atoms with E-state index in [1.54, 1.807) is 13.0 Å². The molecule has 0 aromatic heterocycles. The molecule has 0 atom stereocenters. The molecule has 5 heteroatoms. The summed E-state index contributed by atoms with van der Waals surface area (Å²) in [4.78, 5) is 0. The van der Waals surface area contributed by atoms with Gasteiger partial charge in [0.05, 0.1) is 17.0 Å². The second-order valence-electron chi connectivity index (χ2n) is 3.82. The lowest BCUT2D eigenvalue weighted by atomic mass is 10.1. The molecule has 1 N–H and O–H groups in total. The number of aryl methyl sites for hydroxylation is 1. The van der Waals surface area contributed by atoms with E-state index in [9.17, 15) is 8.42 Å². The topological polar surface area (TPSA) is 70.0 Å². The number of hydrogen-bond acceptors (Lipinski definition) is 4. The molecule has 0 spiro atoms. The zero-order chi connectivity index (χ0) is 12.9. The zero-order valence-electron chi connectivity index (χ0n) is 10.0. The molecule has 0 amide bonds. The van der Waals surface area contributed by atoms with Crippen molar-refractivity contribution in [3.05, 3.63) is 29.3 Å². The highest BCUT2D eigenvalue weighted by Crippen LogP contribution is 2.16. The van der Waals surface area contributed by atoms with Crippen LogP contribution >= 0.6 is 0 Å². The van der Waals surface area contributed by atoms with Gasteiger partial charge in [-0.15, -0.1) is 0 Å². The molecule has 0 saturated carbocycles. The molecule has 4 nitrogen and oxygen atoms in total. The molecule has 17 heavy (non-hydrogen) atoms. The molecule has 0 aliphatic carbocycles. The lowest BCUT2D eigenvalue weighted by Gasteiger charge is -2.08. The Morgan fingerprint density at radius 2 is 2.12 bits per heavy atom. The summed E-state index contributed by atoms with van der Waals surface area (Å²) in [6.45, 7) is 3.88. The summed E-state index contributed by atoms with van der Waals surface area (Å²) in [5.74, 6) is 0.232. The highest BCUT2D eigenvalue weighted by atomic mass is 32.2. The number of nitrogens with one attached hydrogen (secondary N) is 1. The molecule has 0 bridgehead atoms. The SMILES string of the molecule is CCS(=O)(=O)CCNc1cc(C)ccc1C#N. The maximum absolute atomic E-state index is 11.3. The first-order valence-corrected chi connectivity index (χ1v) is 7.25. The van der Waals surface area contributed by atoms with Crippen molar-refractivity contribution < 1.29 is 8.42 Å². The number of benzene rings is 1. The third kappa shape index (κ3) is 4.08. The smallest absolute Gasteiger partial charge is 0.151 e. The normalized spacial score (nSPS) is 10.9. The van der Waals surface area contributed by atoms with Crippen LogP contribution in [0.25, 0.3) is 0 Å². The fourth-order valence-electron chi connectivity index (χ4n) is 1.39. The molecule has 0 aliphatic rings. The van der Waals surface area contributed by atoms with Crippen LogP contribution in [0.1, 0.15) is 18.1 Å². The van der Waals surface area contributed by atoms with Crippen LogP contribution in [0.5, 0.6) is 0 Å². The predicted octanol–water partition coefficient (Wildman–Crippen LogP) is 1.71. The lowest BCUT2D eigenvalue weighted by Crippen LogP contribution is -2.17. The van der Waals surface area contributed by atoms with Gasteiger partial charge in [-0.3, -0.25) is 0 Å². The van der Waals surface area contributed by atoms with E-state index in [0.29, 0.717) is 17.8 Å². The monoisotopic (exact) mass is 252 g/mol. The highest BCUT2D eigenvalue weighted by Gasteiger charge is 2.07. The summed E-state index contributed by atoms with van der Waals surface area (Å²) in [5, 5.41) is 11.9. The Hall–Kier alpha value is -1.54. The predicted molar refractivity (Wildman–Crippen MR) is 68.7 cm³/mol. The third-order valence-corrected chi connectivity index (χ3v) is 4.17. The maximum Gasteiger partial charge on any atom is 0.151 e. The first-order valence-electron chi connectivity index (χ1n) is 5.43. The first-order chi connectivity index (χ1) is 7.98. The van der Waals surface area contributed by atoms with E-state index in [1.165, 1.54) is 0 Å². The minimum Gasteiger partial charge on any atom is -0.383 e. The summed E-state index contributed by atoms with van der Waals surface area (Å²) >= 11 is 0. The third-order valence-electron chi connectivity index (χ3n) is 2.46. The van der Waals surface area contributed by atoms with E-state index < -0.39 is 9.84 Å². The molecule has 0 radical (unpaired) electrons. The molecular formula is C12H16N2O2S. The van der Waals surface area contributed by atoms with Crippen molar-refractivity contribution in [2.45, 2.75) is 13.8 Å². The molecule has 0 heterocycles. The number of sulfone groups is 1. The first kappa shape index (κ1) is 13.5. The lowest BCUT2D eigenvalue weighted by molar-refractivity contribution is 0.597. The fraction of sp³-hybridized carbons (Fsp3) is 0.417. The van der Waals surface area contributed by atoms with Crippen molar-refractivity contribution in [1.82, 2.24) is 0 Å². The number of nitriles is 1. The number of nitrogens with zero attached hydrogens (tertiary/aromatic N) is 1. The molecule has 0 unspecified atom stereocenters. The van der Waals surface area contributed by atoms with Gasteiger partial charge in [-0.05, 0) is 24.6 Å². The van der Waals surface area contributed by atoms with Crippen LogP contribution in [0.15, 0.2) is 18.2 Å². The quantitative estimate of drug-likeness (QED) is 0.866. The average Bonchev–Trinajstić information content (AvgIpc) is 2.29. The molecule has 0 fully saturated rings. The molecule has 1 aromatic carbocycles. The minimum atomic E-state index is -2.96. The average molecular weight is 252 g/mol. The van der Waals surface area contributed by atoms with Crippen LogP contribution in [-0.2, 0) is 9.84 Å². The van der Waals surface area contributed by atoms with Gasteiger partial charge in [0.1, 0.15) is 6.07 Å². The Kier molecular flexibility index (Phi) is 4.53. The molecule has 0 aliphatic heterocycles. The molecular weight excluding hydrogens is 236 g/mol. The van der Waals surface area contributed by atoms with Crippen LogP contribution in [0.4, 0.5) is 5.69 Å². The summed E-state index contributed by atoms with van der Waals surface area (Å²) < 4.78 is 22.6. The van der Waals surface area contributed by atoms with Gasteiger partial charge in [0.15, 0.2) is 9.84 Å². The van der Waals surface area contributed by atoms with Crippen molar-refractivity contribution in [3.63, 3.8) is 0 Å². The van der Waals surface area contributed by atoms with Crippen molar-refractivity contribution in [2.75, 3.05) is 23.4 Å². The van der Waals surface area contributed by atoms with Gasteiger partial charge in [-0.1, -0.05) is 13.0 Å². The number of hydrogen-bond donors (Lipinski definition) is 1. The largest absolute Gasteiger partial charge is 0.383 e. The van der Waals surface area contributed by atoms with E-state index in [0.717, 1.165) is 5.56 Å². The Bertz CT molecular complexity index is 530. The Morgan fingerprint density at radius 1 is 1.41 bits per heavy atom. The molecule has 1 rings (SSSR count). The summed E-state index contributed by atoms with van der Waals surface area (Å²) in [6, 6.07) is 7.50. The van der Waals surface area contributed by atoms with Gasteiger partial charge in [0.25, 0.3) is 0 Å². The van der Waals surface area contributed by atoms with Crippen molar-refractivity contribution in [1.29, 1.82) is 5.26 Å². The van der Waals surface area contributed by atoms with E-state index >= 15 is 0 Å². The van der Waals surface area contributed by atoms with Gasteiger partial charge in [0, 0.05) is 12.3 Å². The maximum atomic E-state index is 11.3. The Morgan fingerprint density at radius 3 is 2.71 bits per heavy atom. The van der Waals surface area contributed by atoms with Crippen LogP contribution < -0.4 is 5.32 Å². The van der Waals surface area contributed by atoms with Gasteiger partial charge in [-0.2, -0.15) is 5.26 Å².